The van der Waals surface area contributed by atoms with Gasteiger partial charge in [-0.2, -0.15) is 9.97 Å². The molecule has 316 valence electrons. The monoisotopic (exact) mass is 943 g/mol. The molecule has 4 aromatic carbocycles. The minimum absolute atomic E-state index is 0.0277. The third-order valence-corrected chi connectivity index (χ3v) is 13.0. The molecule has 6 aromatic rings. The zero-order valence-corrected chi connectivity index (χ0v) is 36.6. The SMILES string of the molecule is CN(C)C(=O)c1cc(Oc2ccc(Cl)cc2)nc(N2Cc3ccccc3S2(=O)=O)c1.ClCCl.O=C(O)c1cc(Oc2ccc(Cl)cc2)nc(N2Cc3ccccc3S2(=O)=O)c1. The van der Waals surface area contributed by atoms with Crippen molar-refractivity contribution in [3.8, 4) is 23.3 Å². The molecule has 14 nitrogen and oxygen atoms in total. The molecule has 61 heavy (non-hydrogen) atoms. The third kappa shape index (κ3) is 10.3. The molecule has 2 aliphatic heterocycles. The Balaban J connectivity index is 0.000000192. The fourth-order valence-electron chi connectivity index (χ4n) is 5.99. The molecule has 2 aliphatic rings. The van der Waals surface area contributed by atoms with Crippen LogP contribution in [0, 0.1) is 0 Å². The summed E-state index contributed by atoms with van der Waals surface area (Å²) in [7, 11) is -4.39. The average molecular weight is 946 g/mol. The number of anilines is 2. The van der Waals surface area contributed by atoms with Crippen LogP contribution in [-0.4, -0.2) is 68.1 Å². The number of fused-ring (bicyclic) bond motifs is 2. The molecule has 0 radical (unpaired) electrons. The quantitative estimate of drug-likeness (QED) is 0.144. The van der Waals surface area contributed by atoms with E-state index in [2.05, 4.69) is 9.97 Å². The van der Waals surface area contributed by atoms with Gasteiger partial charge in [-0.05, 0) is 83.9 Å². The molecule has 0 spiro atoms. The minimum Gasteiger partial charge on any atom is -0.478 e. The predicted octanol–water partition coefficient (Wildman–Crippen LogP) is 9.29. The molecule has 0 unspecified atom stereocenters. The van der Waals surface area contributed by atoms with Crippen molar-refractivity contribution in [2.45, 2.75) is 22.9 Å². The number of alkyl halides is 2. The molecule has 0 saturated carbocycles. The normalized spacial score (nSPS) is 14.0. The van der Waals surface area contributed by atoms with Crippen molar-refractivity contribution in [3.63, 3.8) is 0 Å². The number of hydrogen-bond donors (Lipinski definition) is 1. The molecular formula is C41H33Cl4N5O9S2. The number of carboxylic acid groups (broad SMARTS) is 1. The lowest BCUT2D eigenvalue weighted by molar-refractivity contribution is 0.0695. The average Bonchev–Trinajstić information content (AvgIpc) is 3.67. The third-order valence-electron chi connectivity index (χ3n) is 8.77. The highest BCUT2D eigenvalue weighted by Crippen LogP contribution is 2.37. The van der Waals surface area contributed by atoms with Crippen LogP contribution in [0.3, 0.4) is 0 Å². The number of aromatic nitrogens is 2. The molecule has 8 rings (SSSR count). The van der Waals surface area contributed by atoms with Crippen LogP contribution in [0.1, 0.15) is 31.8 Å². The molecule has 0 saturated heterocycles. The van der Waals surface area contributed by atoms with Gasteiger partial charge in [0.25, 0.3) is 26.0 Å². The van der Waals surface area contributed by atoms with Crippen LogP contribution >= 0.6 is 46.4 Å². The van der Waals surface area contributed by atoms with Crippen LogP contribution < -0.4 is 18.1 Å². The van der Waals surface area contributed by atoms with Crippen molar-refractivity contribution < 1.29 is 41.0 Å². The Morgan fingerprint density at radius 2 is 1.02 bits per heavy atom. The Bertz CT molecular complexity index is 2820. The van der Waals surface area contributed by atoms with E-state index in [1.807, 2.05) is 0 Å². The lowest BCUT2D eigenvalue weighted by Gasteiger charge is -2.19. The van der Waals surface area contributed by atoms with Crippen molar-refractivity contribution in [3.05, 3.63) is 154 Å². The number of benzene rings is 4. The van der Waals surface area contributed by atoms with Gasteiger partial charge in [-0.15, -0.1) is 23.2 Å². The first-order valence-electron chi connectivity index (χ1n) is 17.7. The Labute approximate surface area is 371 Å². The van der Waals surface area contributed by atoms with E-state index in [9.17, 15) is 31.5 Å². The van der Waals surface area contributed by atoms with E-state index < -0.39 is 26.0 Å². The second-order valence-corrected chi connectivity index (χ2v) is 18.4. The van der Waals surface area contributed by atoms with Crippen molar-refractivity contribution in [2.24, 2.45) is 0 Å². The molecule has 1 amide bonds. The summed E-state index contributed by atoms with van der Waals surface area (Å²) >= 11 is 21.3. The van der Waals surface area contributed by atoms with E-state index in [1.165, 1.54) is 39.5 Å². The number of aromatic carboxylic acids is 1. The van der Waals surface area contributed by atoms with E-state index in [4.69, 9.17) is 55.9 Å². The molecule has 0 aliphatic carbocycles. The number of nitrogens with zero attached hydrogens (tertiary/aromatic N) is 5. The molecule has 0 bridgehead atoms. The predicted molar refractivity (Wildman–Crippen MR) is 233 cm³/mol. The van der Waals surface area contributed by atoms with Gasteiger partial charge in [0.2, 0.25) is 11.8 Å². The van der Waals surface area contributed by atoms with Gasteiger partial charge in [-0.1, -0.05) is 59.6 Å². The van der Waals surface area contributed by atoms with Gasteiger partial charge in [0.15, 0.2) is 0 Å². The molecule has 0 fully saturated rings. The van der Waals surface area contributed by atoms with Gasteiger partial charge in [0.05, 0.1) is 33.8 Å². The van der Waals surface area contributed by atoms with Crippen molar-refractivity contribution in [2.75, 3.05) is 28.0 Å². The molecule has 4 heterocycles. The highest BCUT2D eigenvalue weighted by molar-refractivity contribution is 7.93. The summed E-state index contributed by atoms with van der Waals surface area (Å²) in [5.74, 6) is -0.525. The molecule has 20 heteroatoms. The van der Waals surface area contributed by atoms with Crippen molar-refractivity contribution >= 4 is 90.0 Å². The first-order chi connectivity index (χ1) is 29.0. The summed E-state index contributed by atoms with van der Waals surface area (Å²) in [4.78, 5) is 34.5. The summed E-state index contributed by atoms with van der Waals surface area (Å²) < 4.78 is 65.4. The van der Waals surface area contributed by atoms with Gasteiger partial charge in [-0.3, -0.25) is 4.79 Å². The molecular weight excluding hydrogens is 912 g/mol. The fraction of sp³-hybridized carbons (Fsp3) is 0.122. The summed E-state index contributed by atoms with van der Waals surface area (Å²) in [6, 6.07) is 31.8. The second-order valence-electron chi connectivity index (χ2n) is 13.1. The van der Waals surface area contributed by atoms with Gasteiger partial charge >= 0.3 is 5.97 Å². The lowest BCUT2D eigenvalue weighted by atomic mass is 10.2. The minimum atomic E-state index is -3.83. The standard InChI is InChI=1S/C21H18ClN3O4S.C19H13ClN2O5S.CH2Cl2/c1-24(2)21(26)15-11-19(23-20(12-15)29-17-9-7-16(22)8-10-17)25-13-14-5-3-4-6-18(14)30(25,27)28;20-14-5-7-15(8-6-14)27-18-10-13(19(23)24)9-17(21-18)22-11-12-3-1-2-4-16(12)28(22,25)26;2-1-3/h3-12H,13H2,1-2H3;1-10H,11H2,(H,23,24);1H2. The van der Waals surface area contributed by atoms with Crippen LogP contribution in [0.25, 0.3) is 0 Å². The smallest absolute Gasteiger partial charge is 0.336 e. The number of sulfonamides is 2. The molecule has 2 aromatic heterocycles. The number of ether oxygens (including phenoxy) is 2. The van der Waals surface area contributed by atoms with Crippen LogP contribution in [0.15, 0.2) is 131 Å². The summed E-state index contributed by atoms with van der Waals surface area (Å²) in [6.45, 7) is 0.195. The van der Waals surface area contributed by atoms with Crippen LogP contribution in [-0.2, 0) is 33.1 Å². The maximum absolute atomic E-state index is 13.0. The fourth-order valence-corrected chi connectivity index (χ4v) is 9.45. The first kappa shape index (κ1) is 44.9. The van der Waals surface area contributed by atoms with Crippen molar-refractivity contribution in [1.82, 2.24) is 14.9 Å². The summed E-state index contributed by atoms with van der Waals surface area (Å²) in [5, 5.41) is 10.7. The van der Waals surface area contributed by atoms with E-state index in [-0.39, 0.29) is 68.6 Å². The summed E-state index contributed by atoms with van der Waals surface area (Å²) in [5.41, 5.74) is 1.41. The zero-order valence-electron chi connectivity index (χ0n) is 31.9. The highest BCUT2D eigenvalue weighted by atomic mass is 35.5. The van der Waals surface area contributed by atoms with Crippen LogP contribution in [0.5, 0.6) is 23.3 Å². The largest absolute Gasteiger partial charge is 0.478 e. The number of carbonyl (C=O) groups is 2. The van der Waals surface area contributed by atoms with Gasteiger partial charge < -0.3 is 19.5 Å². The van der Waals surface area contributed by atoms with E-state index >= 15 is 0 Å². The van der Waals surface area contributed by atoms with Crippen LogP contribution in [0.4, 0.5) is 11.6 Å². The number of hydrogen-bond acceptors (Lipinski definition) is 10. The van der Waals surface area contributed by atoms with Crippen LogP contribution in [0.2, 0.25) is 10.0 Å². The van der Waals surface area contributed by atoms with E-state index in [1.54, 1.807) is 105 Å². The van der Waals surface area contributed by atoms with Crippen molar-refractivity contribution in [1.29, 1.82) is 0 Å². The topological polar surface area (TPSA) is 177 Å². The Kier molecular flexibility index (Phi) is 14.0. The van der Waals surface area contributed by atoms with Gasteiger partial charge in [0.1, 0.15) is 23.1 Å². The maximum Gasteiger partial charge on any atom is 0.336 e. The second kappa shape index (κ2) is 19.0. The van der Waals surface area contributed by atoms with E-state index in [0.29, 0.717) is 32.7 Å². The van der Waals surface area contributed by atoms with Gasteiger partial charge in [0, 0.05) is 41.8 Å². The number of carbonyl (C=O) groups excluding carboxylic acids is 1. The lowest BCUT2D eigenvalue weighted by Crippen LogP contribution is -2.26. The Morgan fingerprint density at radius 1 is 0.639 bits per heavy atom. The number of amides is 1. The highest BCUT2D eigenvalue weighted by Gasteiger charge is 2.37. The van der Waals surface area contributed by atoms with E-state index in [0.717, 1.165) is 4.31 Å². The Hall–Kier alpha value is -5.62. The number of pyridine rings is 2. The maximum atomic E-state index is 13.0. The van der Waals surface area contributed by atoms with Gasteiger partial charge in [-0.25, -0.2) is 30.2 Å². The first-order valence-corrected chi connectivity index (χ1v) is 22.4. The number of halogens is 4. The molecule has 0 atom stereocenters. The summed E-state index contributed by atoms with van der Waals surface area (Å²) in [6.07, 6.45) is 0. The number of rotatable bonds is 8. The number of carboxylic acids is 1. The zero-order chi connectivity index (χ0) is 44.1. The Morgan fingerprint density at radius 3 is 1.39 bits per heavy atom. The molecule has 1 N–H and O–H groups in total.